The molecule has 5 heteroatoms. The Labute approximate surface area is 176 Å². The number of benzene rings is 2. The van der Waals surface area contributed by atoms with Gasteiger partial charge in [-0.1, -0.05) is 36.4 Å². The number of aromatic amines is 1. The third kappa shape index (κ3) is 3.24. The first-order chi connectivity index (χ1) is 14.8. The first-order valence-electron chi connectivity index (χ1n) is 11.0. The standard InChI is InChI=1S/C25H25N5/c1-2-4-18(5-3-1)23-25(27-13-12-26-23)30-14-10-19(11-15-30)24-28-21-9-8-20(17-6-7-17)16-22(21)29-24/h1-5,8-9,12-13,16-17,19H,6-7,10-11,14-15H2,(H,28,29). The molecular weight excluding hydrogens is 370 g/mol. The summed E-state index contributed by atoms with van der Waals surface area (Å²) >= 11 is 0. The summed E-state index contributed by atoms with van der Waals surface area (Å²) in [5.41, 5.74) is 5.83. The van der Waals surface area contributed by atoms with Gasteiger partial charge in [0.1, 0.15) is 11.5 Å². The molecule has 0 amide bonds. The van der Waals surface area contributed by atoms with Crippen LogP contribution in [0.4, 0.5) is 5.82 Å². The molecule has 3 heterocycles. The fourth-order valence-electron chi connectivity index (χ4n) is 4.64. The van der Waals surface area contributed by atoms with Crippen molar-refractivity contribution in [2.45, 2.75) is 37.5 Å². The molecule has 4 aromatic rings. The van der Waals surface area contributed by atoms with Crippen molar-refractivity contribution in [2.75, 3.05) is 18.0 Å². The van der Waals surface area contributed by atoms with Gasteiger partial charge >= 0.3 is 0 Å². The van der Waals surface area contributed by atoms with E-state index in [4.69, 9.17) is 4.98 Å². The number of H-pyrrole nitrogens is 1. The maximum Gasteiger partial charge on any atom is 0.155 e. The van der Waals surface area contributed by atoms with Crippen LogP contribution in [0.1, 0.15) is 48.9 Å². The van der Waals surface area contributed by atoms with Crippen molar-refractivity contribution in [2.24, 2.45) is 0 Å². The summed E-state index contributed by atoms with van der Waals surface area (Å²) in [6, 6.07) is 17.1. The number of rotatable bonds is 4. The van der Waals surface area contributed by atoms with Crippen molar-refractivity contribution >= 4 is 16.9 Å². The topological polar surface area (TPSA) is 57.7 Å². The van der Waals surface area contributed by atoms with Crippen molar-refractivity contribution < 1.29 is 0 Å². The van der Waals surface area contributed by atoms with Gasteiger partial charge in [0.25, 0.3) is 0 Å². The Morgan fingerprint density at radius 1 is 0.833 bits per heavy atom. The number of aromatic nitrogens is 4. The maximum absolute atomic E-state index is 4.92. The van der Waals surface area contributed by atoms with Crippen LogP contribution in [0.5, 0.6) is 0 Å². The Balaban J connectivity index is 1.21. The molecule has 0 unspecified atom stereocenters. The summed E-state index contributed by atoms with van der Waals surface area (Å²) < 4.78 is 0. The van der Waals surface area contributed by atoms with E-state index in [0.717, 1.165) is 60.3 Å². The number of nitrogens with one attached hydrogen (secondary N) is 1. The van der Waals surface area contributed by atoms with Gasteiger partial charge in [0.15, 0.2) is 5.82 Å². The van der Waals surface area contributed by atoms with Crippen molar-refractivity contribution in [3.63, 3.8) is 0 Å². The number of hydrogen-bond acceptors (Lipinski definition) is 4. The van der Waals surface area contributed by atoms with Gasteiger partial charge < -0.3 is 9.88 Å². The number of anilines is 1. The Hall–Kier alpha value is -3.21. The highest BCUT2D eigenvalue weighted by Crippen LogP contribution is 2.41. The lowest BCUT2D eigenvalue weighted by Gasteiger charge is -2.32. The maximum atomic E-state index is 4.92. The molecule has 1 aliphatic heterocycles. The number of piperidine rings is 1. The number of nitrogens with zero attached hydrogens (tertiary/aromatic N) is 4. The van der Waals surface area contributed by atoms with Crippen LogP contribution < -0.4 is 4.90 Å². The van der Waals surface area contributed by atoms with Crippen LogP contribution >= 0.6 is 0 Å². The minimum atomic E-state index is 0.467. The Morgan fingerprint density at radius 2 is 1.63 bits per heavy atom. The third-order valence-corrected chi connectivity index (χ3v) is 6.48. The molecule has 5 nitrogen and oxygen atoms in total. The molecule has 1 saturated carbocycles. The fraction of sp³-hybridized carbons (Fsp3) is 0.320. The molecule has 1 N–H and O–H groups in total. The zero-order valence-corrected chi connectivity index (χ0v) is 17.0. The minimum Gasteiger partial charge on any atom is -0.355 e. The van der Waals surface area contributed by atoms with E-state index in [2.05, 4.69) is 62.3 Å². The molecule has 0 radical (unpaired) electrons. The summed E-state index contributed by atoms with van der Waals surface area (Å²) in [6.07, 6.45) is 8.38. The highest BCUT2D eigenvalue weighted by molar-refractivity contribution is 5.76. The van der Waals surface area contributed by atoms with Crippen molar-refractivity contribution in [3.8, 4) is 11.3 Å². The predicted octanol–water partition coefficient (Wildman–Crippen LogP) is 5.28. The summed E-state index contributed by atoms with van der Waals surface area (Å²) in [7, 11) is 0. The molecule has 1 aliphatic carbocycles. The second kappa shape index (κ2) is 7.24. The lowest BCUT2D eigenvalue weighted by atomic mass is 9.96. The van der Waals surface area contributed by atoms with Gasteiger partial charge in [-0.25, -0.2) is 9.97 Å². The zero-order valence-electron chi connectivity index (χ0n) is 17.0. The molecule has 2 fully saturated rings. The van der Waals surface area contributed by atoms with Crippen LogP contribution in [-0.2, 0) is 0 Å². The van der Waals surface area contributed by atoms with Gasteiger partial charge in [0.05, 0.1) is 11.0 Å². The van der Waals surface area contributed by atoms with Crippen molar-refractivity contribution in [1.29, 1.82) is 0 Å². The van der Waals surface area contributed by atoms with Crippen LogP contribution in [0, 0.1) is 0 Å². The molecule has 2 aromatic carbocycles. The molecule has 150 valence electrons. The second-order valence-electron chi connectivity index (χ2n) is 8.53. The van der Waals surface area contributed by atoms with Gasteiger partial charge in [-0.05, 0) is 49.3 Å². The van der Waals surface area contributed by atoms with E-state index in [-0.39, 0.29) is 0 Å². The van der Waals surface area contributed by atoms with Crippen LogP contribution in [0.2, 0.25) is 0 Å². The largest absolute Gasteiger partial charge is 0.355 e. The molecule has 2 aromatic heterocycles. The minimum absolute atomic E-state index is 0.467. The van der Waals surface area contributed by atoms with E-state index in [0.29, 0.717) is 5.92 Å². The normalized spacial score (nSPS) is 17.5. The van der Waals surface area contributed by atoms with Crippen LogP contribution in [0.15, 0.2) is 60.9 Å². The van der Waals surface area contributed by atoms with E-state index >= 15 is 0 Å². The summed E-state index contributed by atoms with van der Waals surface area (Å²) in [4.78, 5) is 20.2. The van der Waals surface area contributed by atoms with Gasteiger partial charge in [0.2, 0.25) is 0 Å². The van der Waals surface area contributed by atoms with Crippen molar-refractivity contribution in [3.05, 3.63) is 72.3 Å². The average molecular weight is 396 g/mol. The van der Waals surface area contributed by atoms with E-state index in [1.807, 2.05) is 6.07 Å². The second-order valence-corrected chi connectivity index (χ2v) is 8.53. The van der Waals surface area contributed by atoms with Gasteiger partial charge in [-0.15, -0.1) is 0 Å². The molecule has 1 saturated heterocycles. The van der Waals surface area contributed by atoms with Crippen LogP contribution in [0.25, 0.3) is 22.3 Å². The Morgan fingerprint density at radius 3 is 2.43 bits per heavy atom. The van der Waals surface area contributed by atoms with Crippen molar-refractivity contribution in [1.82, 2.24) is 19.9 Å². The van der Waals surface area contributed by atoms with E-state index < -0.39 is 0 Å². The third-order valence-electron chi connectivity index (χ3n) is 6.48. The number of imidazole rings is 1. The van der Waals surface area contributed by atoms with Gasteiger partial charge in [0, 0.05) is 37.0 Å². The van der Waals surface area contributed by atoms with E-state index in [1.54, 1.807) is 12.4 Å². The molecular formula is C25H25N5. The quantitative estimate of drug-likeness (QED) is 0.511. The lowest BCUT2D eigenvalue weighted by Crippen LogP contribution is -2.34. The van der Waals surface area contributed by atoms with E-state index in [1.165, 1.54) is 23.9 Å². The van der Waals surface area contributed by atoms with Crippen LogP contribution in [0.3, 0.4) is 0 Å². The first kappa shape index (κ1) is 17.6. The summed E-state index contributed by atoms with van der Waals surface area (Å²) in [6.45, 7) is 1.93. The van der Waals surface area contributed by atoms with E-state index in [9.17, 15) is 0 Å². The van der Waals surface area contributed by atoms with Gasteiger partial charge in [-0.2, -0.15) is 0 Å². The highest BCUT2D eigenvalue weighted by atomic mass is 15.2. The highest BCUT2D eigenvalue weighted by Gasteiger charge is 2.27. The Kier molecular flexibility index (Phi) is 4.25. The molecule has 6 rings (SSSR count). The first-order valence-corrected chi connectivity index (χ1v) is 11.0. The average Bonchev–Trinajstić information content (AvgIpc) is 3.58. The molecule has 2 aliphatic rings. The summed E-state index contributed by atoms with van der Waals surface area (Å²) in [5, 5.41) is 0. The number of fused-ring (bicyclic) bond motifs is 1. The molecule has 30 heavy (non-hydrogen) atoms. The molecule has 0 spiro atoms. The molecule has 0 bridgehead atoms. The predicted molar refractivity (Wildman–Crippen MR) is 120 cm³/mol. The monoisotopic (exact) mass is 395 g/mol. The van der Waals surface area contributed by atoms with Crippen LogP contribution in [-0.4, -0.2) is 33.0 Å². The SMILES string of the molecule is c1ccc(-c2nccnc2N2CCC(c3nc4ccc(C5CC5)cc4[nH]3)CC2)cc1. The summed E-state index contributed by atoms with van der Waals surface area (Å²) in [5.74, 6) is 3.37. The number of hydrogen-bond donors (Lipinski definition) is 1. The van der Waals surface area contributed by atoms with Gasteiger partial charge in [-0.3, -0.25) is 4.98 Å². The zero-order chi connectivity index (χ0) is 19.9. The lowest BCUT2D eigenvalue weighted by molar-refractivity contribution is 0.487. The molecule has 0 atom stereocenters. The smallest absolute Gasteiger partial charge is 0.155 e. The Bertz CT molecular complexity index is 1170. The fourth-order valence-corrected chi connectivity index (χ4v) is 4.64.